The van der Waals surface area contributed by atoms with Gasteiger partial charge in [0.15, 0.2) is 0 Å². The van der Waals surface area contributed by atoms with Crippen molar-refractivity contribution in [3.63, 3.8) is 0 Å². The molecule has 0 unspecified atom stereocenters. The Balaban J connectivity index is 1.68. The molecule has 1 aromatic rings. The molecule has 2 aliphatic heterocycles. The molecule has 0 saturated carbocycles. The smallest absolute Gasteiger partial charge is 0.407 e. The van der Waals surface area contributed by atoms with Crippen LogP contribution >= 0.6 is 0 Å². The van der Waals surface area contributed by atoms with Crippen molar-refractivity contribution in [3.8, 4) is 0 Å². The molecule has 2 heterocycles. The largest absolute Gasteiger partial charge is 0.493 e. The Morgan fingerprint density at radius 2 is 1.09 bits per heavy atom. The first kappa shape index (κ1) is 16.1. The van der Waals surface area contributed by atoms with Crippen LogP contribution in [0.3, 0.4) is 0 Å². The Hall–Kier alpha value is -0.810. The molecule has 0 N–H and O–H groups in total. The van der Waals surface area contributed by atoms with Crippen molar-refractivity contribution in [1.29, 1.82) is 0 Å². The van der Waals surface area contributed by atoms with E-state index in [2.05, 4.69) is 33.8 Å². The van der Waals surface area contributed by atoms with E-state index in [1.165, 1.54) is 0 Å². The van der Waals surface area contributed by atoms with Crippen LogP contribution in [0.4, 0.5) is 0 Å². The van der Waals surface area contributed by atoms with Gasteiger partial charge in [-0.15, -0.1) is 0 Å². The Labute approximate surface area is 133 Å². The molecule has 3 rings (SSSR count). The summed E-state index contributed by atoms with van der Waals surface area (Å²) in [6, 6.07) is 8.12. The van der Waals surface area contributed by atoms with Crippen molar-refractivity contribution in [3.05, 3.63) is 24.3 Å². The second-order valence-corrected chi connectivity index (χ2v) is 7.91. The van der Waals surface area contributed by atoms with Gasteiger partial charge < -0.3 is 18.6 Å². The zero-order valence-corrected chi connectivity index (χ0v) is 13.9. The average Bonchev–Trinajstić information content (AvgIpc) is 2.47. The van der Waals surface area contributed by atoms with Crippen molar-refractivity contribution in [2.75, 3.05) is 26.4 Å². The predicted octanol–water partition coefficient (Wildman–Crippen LogP) is 1.22. The first-order valence-electron chi connectivity index (χ1n) is 7.91. The Kier molecular flexibility index (Phi) is 4.38. The third-order valence-electron chi connectivity index (χ3n) is 3.96. The summed E-state index contributed by atoms with van der Waals surface area (Å²) in [5.74, 6) is 0. The van der Waals surface area contributed by atoms with Crippen LogP contribution < -0.4 is 10.9 Å². The highest BCUT2D eigenvalue weighted by molar-refractivity contribution is 6.65. The van der Waals surface area contributed by atoms with Crippen LogP contribution in [-0.2, 0) is 18.6 Å². The van der Waals surface area contributed by atoms with Crippen LogP contribution in [0.25, 0.3) is 0 Å². The molecule has 0 amide bonds. The molecular formula is C16H24B2O4. The van der Waals surface area contributed by atoms with E-state index in [-0.39, 0.29) is 25.1 Å². The molecule has 118 valence electrons. The van der Waals surface area contributed by atoms with E-state index in [1.54, 1.807) is 0 Å². The van der Waals surface area contributed by atoms with Crippen molar-refractivity contribution in [2.45, 2.75) is 27.7 Å². The lowest BCUT2D eigenvalue weighted by atomic mass is 9.70. The van der Waals surface area contributed by atoms with Crippen molar-refractivity contribution in [1.82, 2.24) is 0 Å². The SMILES string of the molecule is CC1(C)COB(c2cccc(B3OCC(C)(C)CO3)c2)OC1. The number of rotatable bonds is 2. The minimum absolute atomic E-state index is 0.0787. The van der Waals surface area contributed by atoms with Gasteiger partial charge >= 0.3 is 14.2 Å². The van der Waals surface area contributed by atoms with Gasteiger partial charge in [0.25, 0.3) is 0 Å². The summed E-state index contributed by atoms with van der Waals surface area (Å²) >= 11 is 0. The molecule has 0 radical (unpaired) electrons. The van der Waals surface area contributed by atoms with Gasteiger partial charge in [0.2, 0.25) is 0 Å². The average molecular weight is 302 g/mol. The number of hydrogen-bond donors (Lipinski definition) is 0. The summed E-state index contributed by atoms with van der Waals surface area (Å²) < 4.78 is 23.4. The van der Waals surface area contributed by atoms with Crippen LogP contribution in [0.15, 0.2) is 24.3 Å². The Morgan fingerprint density at radius 3 is 1.45 bits per heavy atom. The van der Waals surface area contributed by atoms with Gasteiger partial charge in [-0.1, -0.05) is 52.0 Å². The maximum absolute atomic E-state index is 5.85. The molecule has 0 aromatic heterocycles. The number of benzene rings is 1. The summed E-state index contributed by atoms with van der Waals surface area (Å²) in [6.07, 6.45) is 0. The third kappa shape index (κ3) is 3.74. The minimum atomic E-state index is -0.298. The molecule has 2 aliphatic rings. The Bertz CT molecular complexity index is 469. The fourth-order valence-electron chi connectivity index (χ4n) is 2.62. The predicted molar refractivity (Wildman–Crippen MR) is 88.6 cm³/mol. The van der Waals surface area contributed by atoms with E-state index >= 15 is 0 Å². The molecule has 4 nitrogen and oxygen atoms in total. The van der Waals surface area contributed by atoms with E-state index < -0.39 is 0 Å². The summed E-state index contributed by atoms with van der Waals surface area (Å²) in [4.78, 5) is 0. The van der Waals surface area contributed by atoms with Gasteiger partial charge in [0.1, 0.15) is 0 Å². The minimum Gasteiger partial charge on any atom is -0.407 e. The fraction of sp³-hybridized carbons (Fsp3) is 0.625. The molecule has 0 aliphatic carbocycles. The van der Waals surface area contributed by atoms with E-state index in [4.69, 9.17) is 18.6 Å². The number of hydrogen-bond acceptors (Lipinski definition) is 4. The molecule has 2 saturated heterocycles. The fourth-order valence-corrected chi connectivity index (χ4v) is 2.62. The monoisotopic (exact) mass is 302 g/mol. The van der Waals surface area contributed by atoms with Crippen LogP contribution in [0.2, 0.25) is 0 Å². The van der Waals surface area contributed by atoms with Crippen LogP contribution in [0.5, 0.6) is 0 Å². The summed E-state index contributed by atoms with van der Waals surface area (Å²) in [6.45, 7) is 11.4. The highest BCUT2D eigenvalue weighted by Gasteiger charge is 2.36. The summed E-state index contributed by atoms with van der Waals surface area (Å²) in [7, 11) is -0.596. The first-order valence-corrected chi connectivity index (χ1v) is 7.91. The lowest BCUT2D eigenvalue weighted by Gasteiger charge is -2.34. The van der Waals surface area contributed by atoms with Crippen LogP contribution in [0, 0.1) is 10.8 Å². The maximum atomic E-state index is 5.85. The Morgan fingerprint density at radius 1 is 0.727 bits per heavy atom. The highest BCUT2D eigenvalue weighted by Crippen LogP contribution is 2.22. The van der Waals surface area contributed by atoms with Gasteiger partial charge in [0.05, 0.1) is 0 Å². The zero-order valence-electron chi connectivity index (χ0n) is 13.9. The van der Waals surface area contributed by atoms with E-state index in [1.807, 2.05) is 18.2 Å². The standard InChI is InChI=1S/C16H24B2O4/c1-15(2)9-19-17(20-10-15)13-6-5-7-14(8-13)18-21-11-16(3,4)12-22-18/h5-8H,9-12H2,1-4H3. The van der Waals surface area contributed by atoms with Gasteiger partial charge in [-0.05, 0) is 10.9 Å². The molecule has 6 heteroatoms. The highest BCUT2D eigenvalue weighted by atomic mass is 16.6. The molecule has 2 fully saturated rings. The molecule has 0 spiro atoms. The van der Waals surface area contributed by atoms with Crippen LogP contribution in [-0.4, -0.2) is 40.7 Å². The summed E-state index contributed by atoms with van der Waals surface area (Å²) in [5, 5.41) is 0. The first-order chi connectivity index (χ1) is 10.3. The van der Waals surface area contributed by atoms with E-state index in [9.17, 15) is 0 Å². The van der Waals surface area contributed by atoms with Gasteiger partial charge in [0, 0.05) is 37.3 Å². The summed E-state index contributed by atoms with van der Waals surface area (Å²) in [5.41, 5.74) is 2.19. The van der Waals surface area contributed by atoms with Crippen molar-refractivity contribution in [2.24, 2.45) is 10.8 Å². The lowest BCUT2D eigenvalue weighted by Crippen LogP contribution is -2.51. The van der Waals surface area contributed by atoms with E-state index in [0.717, 1.165) is 10.9 Å². The molecular weight excluding hydrogens is 278 g/mol. The second-order valence-electron chi connectivity index (χ2n) is 7.91. The lowest BCUT2D eigenvalue weighted by molar-refractivity contribution is 0.0338. The molecule has 0 atom stereocenters. The topological polar surface area (TPSA) is 36.9 Å². The maximum Gasteiger partial charge on any atom is 0.493 e. The van der Waals surface area contributed by atoms with Gasteiger partial charge in [-0.25, -0.2) is 0 Å². The van der Waals surface area contributed by atoms with E-state index in [0.29, 0.717) is 26.4 Å². The van der Waals surface area contributed by atoms with Crippen LogP contribution in [0.1, 0.15) is 27.7 Å². The van der Waals surface area contributed by atoms with Crippen molar-refractivity contribution < 1.29 is 18.6 Å². The molecule has 22 heavy (non-hydrogen) atoms. The van der Waals surface area contributed by atoms with Gasteiger partial charge in [-0.3, -0.25) is 0 Å². The molecule has 1 aromatic carbocycles. The quantitative estimate of drug-likeness (QED) is 0.770. The molecule has 0 bridgehead atoms. The van der Waals surface area contributed by atoms with Crippen molar-refractivity contribution >= 4 is 25.2 Å². The second kappa shape index (κ2) is 6.00. The normalized spacial score (nSPS) is 24.4. The third-order valence-corrected chi connectivity index (χ3v) is 3.96. The zero-order chi connectivity index (χ0) is 15.8. The van der Waals surface area contributed by atoms with Gasteiger partial charge in [-0.2, -0.15) is 0 Å².